The van der Waals surface area contributed by atoms with Crippen molar-refractivity contribution in [1.82, 2.24) is 4.98 Å². The van der Waals surface area contributed by atoms with Crippen molar-refractivity contribution in [1.29, 1.82) is 0 Å². The number of aryl methyl sites for hydroxylation is 1. The van der Waals surface area contributed by atoms with E-state index < -0.39 is 5.97 Å². The number of carbonyl (C=O) groups excluding carboxylic acids is 1. The third-order valence-corrected chi connectivity index (χ3v) is 3.49. The zero-order chi connectivity index (χ0) is 12.7. The van der Waals surface area contributed by atoms with Crippen LogP contribution in [-0.2, 0) is 16.0 Å². The zero-order valence-electron chi connectivity index (χ0n) is 9.43. The van der Waals surface area contributed by atoms with Crippen molar-refractivity contribution < 1.29 is 14.7 Å². The van der Waals surface area contributed by atoms with Crippen LogP contribution in [0.2, 0.25) is 0 Å². The maximum absolute atomic E-state index is 11.4. The minimum absolute atomic E-state index is 0.0631. The van der Waals surface area contributed by atoms with Gasteiger partial charge in [-0.15, -0.1) is 23.1 Å². The summed E-state index contributed by atoms with van der Waals surface area (Å²) in [6.45, 7) is 2.07. The highest BCUT2D eigenvalue weighted by Gasteiger charge is 2.07. The predicted octanol–water partition coefficient (Wildman–Crippen LogP) is 1.85. The maximum atomic E-state index is 11.4. The third-order valence-electron chi connectivity index (χ3n) is 1.76. The lowest BCUT2D eigenvalue weighted by atomic mass is 10.3. The molecule has 0 aliphatic heterocycles. The van der Waals surface area contributed by atoms with Crippen molar-refractivity contribution in [2.45, 2.75) is 19.8 Å². The Hall–Kier alpha value is -1.08. The van der Waals surface area contributed by atoms with Crippen LogP contribution < -0.4 is 5.32 Å². The molecule has 0 aromatic carbocycles. The Morgan fingerprint density at radius 1 is 1.53 bits per heavy atom. The number of hydrogen-bond donors (Lipinski definition) is 2. The molecule has 5 nitrogen and oxygen atoms in total. The maximum Gasteiger partial charge on any atom is 0.313 e. The topological polar surface area (TPSA) is 79.3 Å². The van der Waals surface area contributed by atoms with E-state index in [4.69, 9.17) is 5.11 Å². The van der Waals surface area contributed by atoms with E-state index in [9.17, 15) is 9.59 Å². The summed E-state index contributed by atoms with van der Waals surface area (Å²) >= 11 is 2.46. The molecule has 1 rings (SSSR count). The summed E-state index contributed by atoms with van der Waals surface area (Å²) in [5.74, 6) is -1.06. The average molecular weight is 274 g/mol. The molecule has 0 fully saturated rings. The van der Waals surface area contributed by atoms with E-state index in [1.54, 1.807) is 0 Å². The normalized spacial score (nSPS) is 10.2. The third kappa shape index (κ3) is 5.69. The minimum Gasteiger partial charge on any atom is -0.481 e. The Kier molecular flexibility index (Phi) is 5.99. The molecule has 0 spiro atoms. The second-order valence-corrected chi connectivity index (χ2v) is 5.17. The number of thioether (sulfide) groups is 1. The van der Waals surface area contributed by atoms with Crippen LogP contribution in [0.4, 0.5) is 5.13 Å². The van der Waals surface area contributed by atoms with Gasteiger partial charge in [0.25, 0.3) is 0 Å². The first-order chi connectivity index (χ1) is 8.11. The summed E-state index contributed by atoms with van der Waals surface area (Å²) in [5.41, 5.74) is 0.978. The van der Waals surface area contributed by atoms with E-state index in [2.05, 4.69) is 17.2 Å². The predicted molar refractivity (Wildman–Crippen MR) is 69.7 cm³/mol. The van der Waals surface area contributed by atoms with Crippen molar-refractivity contribution in [3.05, 3.63) is 11.1 Å². The smallest absolute Gasteiger partial charge is 0.313 e. The summed E-state index contributed by atoms with van der Waals surface area (Å²) in [6.07, 6.45) is 1.92. The molecular weight excluding hydrogens is 260 g/mol. The Bertz CT molecular complexity index is 393. The molecule has 1 aromatic rings. The van der Waals surface area contributed by atoms with Gasteiger partial charge in [-0.2, -0.15) is 0 Å². The van der Waals surface area contributed by atoms with E-state index in [0.717, 1.165) is 30.3 Å². The van der Waals surface area contributed by atoms with Crippen molar-refractivity contribution in [3.8, 4) is 0 Å². The first-order valence-electron chi connectivity index (χ1n) is 5.15. The number of amides is 1. The summed E-state index contributed by atoms with van der Waals surface area (Å²) in [7, 11) is 0. The van der Waals surface area contributed by atoms with Gasteiger partial charge in [0, 0.05) is 5.38 Å². The number of carboxylic acids is 1. The molecule has 1 heterocycles. The molecular formula is C10H14N2O3S2. The molecule has 0 saturated heterocycles. The van der Waals surface area contributed by atoms with E-state index in [0.29, 0.717) is 5.13 Å². The summed E-state index contributed by atoms with van der Waals surface area (Å²) in [6, 6.07) is 0. The fourth-order valence-electron chi connectivity index (χ4n) is 1.12. The molecule has 0 radical (unpaired) electrons. The van der Waals surface area contributed by atoms with Gasteiger partial charge >= 0.3 is 5.97 Å². The number of carboxylic acid groups (broad SMARTS) is 1. The average Bonchev–Trinajstić information content (AvgIpc) is 2.65. The number of hydrogen-bond acceptors (Lipinski definition) is 5. The van der Waals surface area contributed by atoms with E-state index in [-0.39, 0.29) is 17.4 Å². The number of aliphatic carboxylic acids is 1. The molecule has 1 amide bonds. The van der Waals surface area contributed by atoms with Crippen LogP contribution in [0.25, 0.3) is 0 Å². The molecule has 0 saturated carbocycles. The number of thiazole rings is 1. The number of anilines is 1. The number of carbonyl (C=O) groups is 2. The van der Waals surface area contributed by atoms with E-state index in [1.807, 2.05) is 5.38 Å². The SMILES string of the molecule is CCCc1csc(NC(=O)CSCC(=O)O)n1. The van der Waals surface area contributed by atoms with Crippen molar-refractivity contribution in [3.63, 3.8) is 0 Å². The highest BCUT2D eigenvalue weighted by Crippen LogP contribution is 2.16. The van der Waals surface area contributed by atoms with E-state index in [1.165, 1.54) is 11.3 Å². The lowest BCUT2D eigenvalue weighted by Crippen LogP contribution is -2.15. The molecule has 94 valence electrons. The molecule has 17 heavy (non-hydrogen) atoms. The largest absolute Gasteiger partial charge is 0.481 e. The quantitative estimate of drug-likeness (QED) is 0.793. The van der Waals surface area contributed by atoms with Crippen LogP contribution in [-0.4, -0.2) is 33.5 Å². The molecule has 0 aliphatic carbocycles. The van der Waals surface area contributed by atoms with Crippen LogP contribution in [0.3, 0.4) is 0 Å². The Balaban J connectivity index is 2.31. The van der Waals surface area contributed by atoms with Gasteiger partial charge in [-0.05, 0) is 6.42 Å². The fourth-order valence-corrected chi connectivity index (χ4v) is 2.42. The van der Waals surface area contributed by atoms with Crippen LogP contribution in [0.5, 0.6) is 0 Å². The Morgan fingerprint density at radius 3 is 2.94 bits per heavy atom. The number of rotatable bonds is 7. The van der Waals surface area contributed by atoms with Crippen LogP contribution in [0, 0.1) is 0 Å². The molecule has 0 unspecified atom stereocenters. The first kappa shape index (κ1) is 14.0. The summed E-state index contributed by atoms with van der Waals surface area (Å²) < 4.78 is 0. The number of nitrogens with one attached hydrogen (secondary N) is 1. The first-order valence-corrected chi connectivity index (χ1v) is 7.19. The second-order valence-electron chi connectivity index (χ2n) is 3.33. The fraction of sp³-hybridized carbons (Fsp3) is 0.500. The van der Waals surface area contributed by atoms with E-state index >= 15 is 0 Å². The summed E-state index contributed by atoms with van der Waals surface area (Å²) in [4.78, 5) is 25.9. The van der Waals surface area contributed by atoms with Crippen LogP contribution in [0.15, 0.2) is 5.38 Å². The van der Waals surface area contributed by atoms with Gasteiger partial charge in [0.15, 0.2) is 5.13 Å². The highest BCUT2D eigenvalue weighted by atomic mass is 32.2. The molecule has 0 bridgehead atoms. The molecule has 2 N–H and O–H groups in total. The summed E-state index contributed by atoms with van der Waals surface area (Å²) in [5, 5.41) is 13.6. The lowest BCUT2D eigenvalue weighted by molar-refractivity contribution is -0.133. The molecule has 0 aliphatic rings. The van der Waals surface area contributed by atoms with Gasteiger partial charge in [0.2, 0.25) is 5.91 Å². The van der Waals surface area contributed by atoms with Crippen LogP contribution >= 0.6 is 23.1 Å². The number of aromatic nitrogens is 1. The monoisotopic (exact) mass is 274 g/mol. The standard InChI is InChI=1S/C10H14N2O3S2/c1-2-3-7-4-17-10(11-7)12-8(13)5-16-6-9(14)15/h4H,2-3,5-6H2,1H3,(H,14,15)(H,11,12,13). The van der Waals surface area contributed by atoms with Gasteiger partial charge in [0.05, 0.1) is 17.2 Å². The van der Waals surface area contributed by atoms with Crippen molar-refractivity contribution in [2.24, 2.45) is 0 Å². The molecule has 7 heteroatoms. The highest BCUT2D eigenvalue weighted by molar-refractivity contribution is 8.00. The zero-order valence-corrected chi connectivity index (χ0v) is 11.1. The van der Waals surface area contributed by atoms with Crippen LogP contribution in [0.1, 0.15) is 19.0 Å². The second kappa shape index (κ2) is 7.29. The molecule has 1 aromatic heterocycles. The van der Waals surface area contributed by atoms with Gasteiger partial charge in [-0.3, -0.25) is 9.59 Å². The lowest BCUT2D eigenvalue weighted by Gasteiger charge is -1.99. The van der Waals surface area contributed by atoms with Gasteiger partial charge in [0.1, 0.15) is 0 Å². The van der Waals surface area contributed by atoms with Gasteiger partial charge < -0.3 is 10.4 Å². The van der Waals surface area contributed by atoms with Crippen molar-refractivity contribution >= 4 is 40.1 Å². The molecule has 0 atom stereocenters. The Morgan fingerprint density at radius 2 is 2.29 bits per heavy atom. The van der Waals surface area contributed by atoms with Gasteiger partial charge in [-0.1, -0.05) is 13.3 Å². The minimum atomic E-state index is -0.915. The Labute approximate surface area is 108 Å². The van der Waals surface area contributed by atoms with Crippen molar-refractivity contribution in [2.75, 3.05) is 16.8 Å². The number of nitrogens with zero attached hydrogens (tertiary/aromatic N) is 1. The van der Waals surface area contributed by atoms with Gasteiger partial charge in [-0.25, -0.2) is 4.98 Å².